The van der Waals surface area contributed by atoms with Crippen LogP contribution in [0, 0.1) is 11.3 Å². The minimum atomic E-state index is -0.537. The van der Waals surface area contributed by atoms with Crippen LogP contribution >= 0.6 is 0 Å². The maximum absolute atomic E-state index is 11.3. The van der Waals surface area contributed by atoms with Gasteiger partial charge < -0.3 is 4.57 Å². The minimum Gasteiger partial charge on any atom is -0.302 e. The van der Waals surface area contributed by atoms with Gasteiger partial charge in [0.15, 0.2) is 11.2 Å². The monoisotopic (exact) mass is 205 g/mol. The van der Waals surface area contributed by atoms with Gasteiger partial charge in [-0.2, -0.15) is 5.26 Å². The predicted molar refractivity (Wildman–Crippen MR) is 51.2 cm³/mol. The molecule has 7 heteroatoms. The van der Waals surface area contributed by atoms with Crippen LogP contribution in [0.15, 0.2) is 15.9 Å². The van der Waals surface area contributed by atoms with Crippen LogP contribution in [0.1, 0.15) is 0 Å². The number of fused-ring (bicyclic) bond motifs is 1. The van der Waals surface area contributed by atoms with Crippen LogP contribution in [0.2, 0.25) is 0 Å². The molecule has 0 fully saturated rings. The number of nitrogens with one attached hydrogen (secondary N) is 1. The van der Waals surface area contributed by atoms with Crippen molar-refractivity contribution in [3.05, 3.63) is 27.2 Å². The van der Waals surface area contributed by atoms with Gasteiger partial charge in [0, 0.05) is 7.05 Å². The molecule has 2 aromatic heterocycles. The molecular formula is C8H7N5O2. The Morgan fingerprint density at radius 1 is 1.60 bits per heavy atom. The fourth-order valence-electron chi connectivity index (χ4n) is 1.42. The lowest BCUT2D eigenvalue weighted by Crippen LogP contribution is -2.29. The molecule has 76 valence electrons. The van der Waals surface area contributed by atoms with E-state index in [0.717, 1.165) is 0 Å². The highest BCUT2D eigenvalue weighted by Gasteiger charge is 2.10. The van der Waals surface area contributed by atoms with Crippen LogP contribution in [0.25, 0.3) is 11.2 Å². The number of H-pyrrole nitrogens is 1. The summed E-state index contributed by atoms with van der Waals surface area (Å²) in [7, 11) is 1.51. The van der Waals surface area contributed by atoms with E-state index in [2.05, 4.69) is 9.97 Å². The van der Waals surface area contributed by atoms with E-state index >= 15 is 0 Å². The number of hydrogen-bond donors (Lipinski definition) is 1. The normalized spacial score (nSPS) is 10.4. The average molecular weight is 205 g/mol. The first kappa shape index (κ1) is 9.21. The molecule has 0 bridgehead atoms. The number of aryl methyl sites for hydroxylation is 1. The summed E-state index contributed by atoms with van der Waals surface area (Å²) < 4.78 is 2.70. The summed E-state index contributed by atoms with van der Waals surface area (Å²) in [5.74, 6) is 0. The third-order valence-corrected chi connectivity index (χ3v) is 2.11. The number of hydrogen-bond acceptors (Lipinski definition) is 4. The molecule has 0 atom stereocenters. The van der Waals surface area contributed by atoms with Crippen molar-refractivity contribution in [2.24, 2.45) is 7.05 Å². The Kier molecular flexibility index (Phi) is 1.90. The van der Waals surface area contributed by atoms with Crippen molar-refractivity contribution in [3.63, 3.8) is 0 Å². The highest BCUT2D eigenvalue weighted by atomic mass is 16.2. The summed E-state index contributed by atoms with van der Waals surface area (Å²) in [6.45, 7) is 0.0488. The van der Waals surface area contributed by atoms with Gasteiger partial charge in [-0.3, -0.25) is 14.3 Å². The molecule has 2 aromatic rings. The lowest BCUT2D eigenvalue weighted by molar-refractivity contribution is 0.768. The first-order valence-electron chi connectivity index (χ1n) is 4.16. The summed E-state index contributed by atoms with van der Waals surface area (Å²) in [4.78, 5) is 28.6. The molecule has 0 unspecified atom stereocenters. The Hall–Kier alpha value is -2.36. The summed E-state index contributed by atoms with van der Waals surface area (Å²) in [5.41, 5.74) is -0.547. The third-order valence-electron chi connectivity index (χ3n) is 2.11. The topological polar surface area (TPSA) is 96.5 Å². The van der Waals surface area contributed by atoms with Crippen molar-refractivity contribution >= 4 is 11.2 Å². The van der Waals surface area contributed by atoms with E-state index in [0.29, 0.717) is 5.65 Å². The summed E-state index contributed by atoms with van der Waals surface area (Å²) in [6.07, 6.45) is 1.36. The molecule has 2 rings (SSSR count). The van der Waals surface area contributed by atoms with Crippen molar-refractivity contribution in [1.82, 2.24) is 19.1 Å². The third kappa shape index (κ3) is 1.23. The Bertz CT molecular complexity index is 669. The Morgan fingerprint density at radius 3 is 3.00 bits per heavy atom. The van der Waals surface area contributed by atoms with Gasteiger partial charge in [0.2, 0.25) is 0 Å². The van der Waals surface area contributed by atoms with Gasteiger partial charge in [-0.1, -0.05) is 0 Å². The Morgan fingerprint density at radius 2 is 2.33 bits per heavy atom. The largest absolute Gasteiger partial charge is 0.329 e. The van der Waals surface area contributed by atoms with Gasteiger partial charge >= 0.3 is 5.69 Å². The van der Waals surface area contributed by atoms with Crippen molar-refractivity contribution < 1.29 is 0 Å². The number of aromatic amines is 1. The molecule has 1 N–H and O–H groups in total. The zero-order valence-corrected chi connectivity index (χ0v) is 7.89. The summed E-state index contributed by atoms with van der Waals surface area (Å²) >= 11 is 0. The first-order chi connectivity index (χ1) is 7.15. The van der Waals surface area contributed by atoms with Crippen molar-refractivity contribution in [2.45, 2.75) is 6.54 Å². The lowest BCUT2D eigenvalue weighted by Gasteiger charge is -2.01. The molecule has 0 saturated carbocycles. The lowest BCUT2D eigenvalue weighted by atomic mass is 10.5. The molecule has 7 nitrogen and oxygen atoms in total. The van der Waals surface area contributed by atoms with Gasteiger partial charge in [-0.05, 0) is 0 Å². The van der Waals surface area contributed by atoms with Crippen LogP contribution in [-0.2, 0) is 13.6 Å². The van der Waals surface area contributed by atoms with Crippen molar-refractivity contribution in [1.29, 1.82) is 5.26 Å². The fraction of sp³-hybridized carbons (Fsp3) is 0.250. The van der Waals surface area contributed by atoms with Crippen molar-refractivity contribution in [3.8, 4) is 6.07 Å². The van der Waals surface area contributed by atoms with Gasteiger partial charge in [0.25, 0.3) is 5.56 Å². The zero-order chi connectivity index (χ0) is 11.0. The standard InChI is InChI=1S/C8H7N5O2/c1-12-7-5(6(14)11-8(12)15)10-4-13(7)3-2-9/h4H,3H2,1H3,(H,11,14,15). The summed E-state index contributed by atoms with van der Waals surface area (Å²) in [6, 6.07) is 1.92. The van der Waals surface area contributed by atoms with E-state index < -0.39 is 11.2 Å². The van der Waals surface area contributed by atoms with Gasteiger partial charge in [-0.25, -0.2) is 9.78 Å². The molecule has 0 aliphatic rings. The van der Waals surface area contributed by atoms with Crippen LogP contribution in [0.4, 0.5) is 0 Å². The van der Waals surface area contributed by atoms with E-state index in [9.17, 15) is 9.59 Å². The molecule has 15 heavy (non-hydrogen) atoms. The number of imidazole rings is 1. The van der Waals surface area contributed by atoms with Crippen LogP contribution in [0.3, 0.4) is 0 Å². The fourth-order valence-corrected chi connectivity index (χ4v) is 1.42. The Balaban J connectivity index is 2.97. The van der Waals surface area contributed by atoms with Gasteiger partial charge in [0.05, 0.1) is 12.4 Å². The maximum Gasteiger partial charge on any atom is 0.329 e. The smallest absolute Gasteiger partial charge is 0.302 e. The molecule has 2 heterocycles. The molecule has 0 spiro atoms. The number of aromatic nitrogens is 4. The van der Waals surface area contributed by atoms with Gasteiger partial charge in [0.1, 0.15) is 6.54 Å². The molecule has 0 radical (unpaired) electrons. The number of rotatable bonds is 1. The number of nitriles is 1. The summed E-state index contributed by atoms with van der Waals surface area (Å²) in [5, 5.41) is 8.56. The molecule has 0 saturated heterocycles. The molecule has 0 aromatic carbocycles. The van der Waals surface area contributed by atoms with E-state index in [1.165, 1.54) is 22.5 Å². The van der Waals surface area contributed by atoms with E-state index in [4.69, 9.17) is 5.26 Å². The SMILES string of the molecule is Cn1c(=O)[nH]c(=O)c2ncn(CC#N)c21. The second kappa shape index (κ2) is 3.09. The second-order valence-corrected chi connectivity index (χ2v) is 3.02. The highest BCUT2D eigenvalue weighted by molar-refractivity contribution is 5.69. The van der Waals surface area contributed by atoms with E-state index in [1.807, 2.05) is 6.07 Å². The quantitative estimate of drug-likeness (QED) is 0.642. The predicted octanol–water partition coefficient (Wildman–Crippen LogP) is -1.05. The average Bonchev–Trinajstić information content (AvgIpc) is 2.60. The first-order valence-corrected chi connectivity index (χ1v) is 4.16. The van der Waals surface area contributed by atoms with Crippen LogP contribution < -0.4 is 11.2 Å². The second-order valence-electron chi connectivity index (χ2n) is 3.02. The van der Waals surface area contributed by atoms with Gasteiger partial charge in [-0.15, -0.1) is 0 Å². The molecule has 0 amide bonds. The molecule has 0 aliphatic heterocycles. The Labute approximate surface area is 83.2 Å². The highest BCUT2D eigenvalue weighted by Crippen LogP contribution is 2.03. The van der Waals surface area contributed by atoms with E-state index in [1.54, 1.807) is 0 Å². The van der Waals surface area contributed by atoms with Crippen molar-refractivity contribution in [2.75, 3.05) is 0 Å². The minimum absolute atomic E-state index is 0.0488. The van der Waals surface area contributed by atoms with Crippen LogP contribution in [-0.4, -0.2) is 19.1 Å². The van der Waals surface area contributed by atoms with E-state index in [-0.39, 0.29) is 12.1 Å². The zero-order valence-electron chi connectivity index (χ0n) is 7.89. The van der Waals surface area contributed by atoms with Crippen LogP contribution in [0.5, 0.6) is 0 Å². The molecule has 0 aliphatic carbocycles. The molecular weight excluding hydrogens is 198 g/mol. The number of nitrogens with zero attached hydrogens (tertiary/aromatic N) is 4. The maximum atomic E-state index is 11.3.